The summed E-state index contributed by atoms with van der Waals surface area (Å²) >= 11 is 0. The maximum atomic E-state index is 13.6. The predicted octanol–water partition coefficient (Wildman–Crippen LogP) is 4.77. The first-order chi connectivity index (χ1) is 12.0. The van der Waals surface area contributed by atoms with E-state index in [1.165, 1.54) is 6.07 Å². The van der Waals surface area contributed by atoms with Gasteiger partial charge in [0, 0.05) is 10.9 Å². The van der Waals surface area contributed by atoms with E-state index in [-0.39, 0.29) is 17.5 Å². The van der Waals surface area contributed by atoms with Crippen LogP contribution in [0.1, 0.15) is 41.6 Å². The second-order valence-electron chi connectivity index (χ2n) is 5.92. The Balaban J connectivity index is 1.82. The standard InChI is InChI=1S/C20H20FNO3/c1-4-24-17-7-5-6-14-11-18(25-19(14)17)13(3)22-20(23)15-9-8-12(2)16(21)10-15/h5-11,13H,4H2,1-3H3,(H,22,23). The second kappa shape index (κ2) is 6.97. The van der Waals surface area contributed by atoms with Gasteiger partial charge in [-0.15, -0.1) is 0 Å². The fourth-order valence-corrected chi connectivity index (χ4v) is 2.62. The molecule has 0 bridgehead atoms. The largest absolute Gasteiger partial charge is 0.490 e. The van der Waals surface area contributed by atoms with Gasteiger partial charge in [-0.25, -0.2) is 4.39 Å². The Morgan fingerprint density at radius 2 is 2.08 bits per heavy atom. The first kappa shape index (κ1) is 17.0. The van der Waals surface area contributed by atoms with E-state index in [0.29, 0.717) is 29.3 Å². The first-order valence-corrected chi connectivity index (χ1v) is 8.22. The van der Waals surface area contributed by atoms with Gasteiger partial charge in [-0.2, -0.15) is 0 Å². The lowest BCUT2D eigenvalue weighted by Gasteiger charge is -2.12. The van der Waals surface area contributed by atoms with Gasteiger partial charge in [-0.05, 0) is 50.6 Å². The van der Waals surface area contributed by atoms with Gasteiger partial charge in [-0.1, -0.05) is 18.2 Å². The summed E-state index contributed by atoms with van der Waals surface area (Å²) in [6, 6.07) is 11.6. The second-order valence-corrected chi connectivity index (χ2v) is 5.92. The topological polar surface area (TPSA) is 51.5 Å². The number of furan rings is 1. The van der Waals surface area contributed by atoms with Crippen molar-refractivity contribution in [2.75, 3.05) is 6.61 Å². The zero-order chi connectivity index (χ0) is 18.0. The third-order valence-corrected chi connectivity index (χ3v) is 4.04. The van der Waals surface area contributed by atoms with Crippen molar-refractivity contribution in [3.63, 3.8) is 0 Å². The van der Waals surface area contributed by atoms with E-state index in [2.05, 4.69) is 5.32 Å². The van der Waals surface area contributed by atoms with Gasteiger partial charge in [-0.3, -0.25) is 4.79 Å². The predicted molar refractivity (Wildman–Crippen MR) is 94.4 cm³/mol. The number of carbonyl (C=O) groups is 1. The van der Waals surface area contributed by atoms with Crippen LogP contribution in [0, 0.1) is 12.7 Å². The summed E-state index contributed by atoms with van der Waals surface area (Å²) in [7, 11) is 0. The highest BCUT2D eigenvalue weighted by atomic mass is 19.1. The number of hydrogen-bond acceptors (Lipinski definition) is 3. The summed E-state index contributed by atoms with van der Waals surface area (Å²) < 4.78 is 25.1. The highest BCUT2D eigenvalue weighted by molar-refractivity contribution is 5.94. The zero-order valence-electron chi connectivity index (χ0n) is 14.4. The van der Waals surface area contributed by atoms with E-state index >= 15 is 0 Å². The number of para-hydroxylation sites is 1. The molecule has 1 amide bonds. The van der Waals surface area contributed by atoms with Gasteiger partial charge in [0.15, 0.2) is 11.3 Å². The van der Waals surface area contributed by atoms with Crippen LogP contribution in [0.25, 0.3) is 11.0 Å². The molecule has 4 nitrogen and oxygen atoms in total. The summed E-state index contributed by atoms with van der Waals surface area (Å²) in [5.41, 5.74) is 1.44. The molecule has 0 aliphatic heterocycles. The number of amides is 1. The van der Waals surface area contributed by atoms with Crippen molar-refractivity contribution in [2.24, 2.45) is 0 Å². The molecule has 1 atom stereocenters. The Morgan fingerprint density at radius 1 is 1.28 bits per heavy atom. The maximum Gasteiger partial charge on any atom is 0.251 e. The average molecular weight is 341 g/mol. The van der Waals surface area contributed by atoms with Crippen LogP contribution in [0.2, 0.25) is 0 Å². The molecule has 0 saturated heterocycles. The number of ether oxygens (including phenoxy) is 1. The van der Waals surface area contributed by atoms with Crippen LogP contribution >= 0.6 is 0 Å². The number of aryl methyl sites for hydroxylation is 1. The highest BCUT2D eigenvalue weighted by Crippen LogP contribution is 2.31. The number of rotatable bonds is 5. The van der Waals surface area contributed by atoms with E-state index in [0.717, 1.165) is 5.39 Å². The molecule has 0 radical (unpaired) electrons. The molecule has 0 aliphatic rings. The van der Waals surface area contributed by atoms with Crippen LogP contribution in [-0.2, 0) is 0 Å². The normalized spacial score (nSPS) is 12.2. The van der Waals surface area contributed by atoms with Gasteiger partial charge < -0.3 is 14.5 Å². The van der Waals surface area contributed by atoms with Crippen LogP contribution in [-0.4, -0.2) is 12.5 Å². The Bertz CT molecular complexity index is 916. The highest BCUT2D eigenvalue weighted by Gasteiger charge is 2.17. The molecule has 5 heteroatoms. The number of hydrogen-bond donors (Lipinski definition) is 1. The minimum absolute atomic E-state index is 0.279. The summed E-state index contributed by atoms with van der Waals surface area (Å²) in [6.07, 6.45) is 0. The molecule has 1 N–H and O–H groups in total. The molecule has 1 heterocycles. The van der Waals surface area contributed by atoms with Crippen LogP contribution in [0.15, 0.2) is 46.9 Å². The number of nitrogens with one attached hydrogen (secondary N) is 1. The lowest BCUT2D eigenvalue weighted by Crippen LogP contribution is -2.26. The fourth-order valence-electron chi connectivity index (χ4n) is 2.62. The number of fused-ring (bicyclic) bond motifs is 1. The Morgan fingerprint density at radius 3 is 2.80 bits per heavy atom. The van der Waals surface area contributed by atoms with Gasteiger partial charge in [0.1, 0.15) is 11.6 Å². The maximum absolute atomic E-state index is 13.6. The molecule has 3 aromatic rings. The molecule has 1 aromatic heterocycles. The monoisotopic (exact) mass is 341 g/mol. The van der Waals surface area contributed by atoms with Crippen molar-refractivity contribution in [3.05, 3.63) is 65.2 Å². The fraction of sp³-hybridized carbons (Fsp3) is 0.250. The molecular weight excluding hydrogens is 321 g/mol. The van der Waals surface area contributed by atoms with Gasteiger partial charge in [0.05, 0.1) is 12.6 Å². The van der Waals surface area contributed by atoms with E-state index in [1.807, 2.05) is 38.1 Å². The van der Waals surface area contributed by atoms with E-state index in [1.54, 1.807) is 19.1 Å². The minimum Gasteiger partial charge on any atom is -0.490 e. The van der Waals surface area contributed by atoms with E-state index < -0.39 is 5.82 Å². The van der Waals surface area contributed by atoms with Crippen molar-refractivity contribution in [2.45, 2.75) is 26.8 Å². The van der Waals surface area contributed by atoms with Crippen LogP contribution in [0.5, 0.6) is 5.75 Å². The number of benzene rings is 2. The van der Waals surface area contributed by atoms with Crippen LogP contribution in [0.4, 0.5) is 4.39 Å². The molecule has 3 rings (SSSR count). The molecule has 130 valence electrons. The van der Waals surface area contributed by atoms with Crippen molar-refractivity contribution >= 4 is 16.9 Å². The van der Waals surface area contributed by atoms with E-state index in [9.17, 15) is 9.18 Å². The summed E-state index contributed by atoms with van der Waals surface area (Å²) in [4.78, 5) is 12.3. The van der Waals surface area contributed by atoms with E-state index in [4.69, 9.17) is 9.15 Å². The molecule has 0 aliphatic carbocycles. The van der Waals surface area contributed by atoms with Gasteiger partial charge in [0.25, 0.3) is 5.91 Å². The molecule has 0 fully saturated rings. The molecule has 25 heavy (non-hydrogen) atoms. The molecule has 1 unspecified atom stereocenters. The van der Waals surface area contributed by atoms with Crippen molar-refractivity contribution in [1.82, 2.24) is 5.32 Å². The van der Waals surface area contributed by atoms with Crippen molar-refractivity contribution in [1.29, 1.82) is 0 Å². The summed E-state index contributed by atoms with van der Waals surface area (Å²) in [6.45, 7) is 5.93. The Hall–Kier alpha value is -2.82. The lowest BCUT2D eigenvalue weighted by molar-refractivity contribution is 0.0935. The quantitative estimate of drug-likeness (QED) is 0.727. The van der Waals surface area contributed by atoms with Gasteiger partial charge in [0.2, 0.25) is 0 Å². The molecule has 0 saturated carbocycles. The molecular formula is C20H20FNO3. The lowest BCUT2D eigenvalue weighted by atomic mass is 10.1. The summed E-state index contributed by atoms with van der Waals surface area (Å²) in [5.74, 6) is 0.538. The Kier molecular flexibility index (Phi) is 4.74. The number of carbonyl (C=O) groups excluding carboxylic acids is 1. The third kappa shape index (κ3) is 3.50. The Labute approximate surface area is 145 Å². The minimum atomic E-state index is -0.398. The first-order valence-electron chi connectivity index (χ1n) is 8.22. The smallest absolute Gasteiger partial charge is 0.251 e. The third-order valence-electron chi connectivity index (χ3n) is 4.04. The number of halogens is 1. The van der Waals surface area contributed by atoms with Crippen LogP contribution in [0.3, 0.4) is 0 Å². The van der Waals surface area contributed by atoms with Crippen molar-refractivity contribution in [3.8, 4) is 5.75 Å². The molecule has 0 spiro atoms. The van der Waals surface area contributed by atoms with Crippen LogP contribution < -0.4 is 10.1 Å². The SMILES string of the molecule is CCOc1cccc2cc(C(C)NC(=O)c3ccc(C)c(F)c3)oc12. The van der Waals surface area contributed by atoms with Crippen molar-refractivity contribution < 1.29 is 18.3 Å². The van der Waals surface area contributed by atoms with Gasteiger partial charge >= 0.3 is 0 Å². The zero-order valence-corrected chi connectivity index (χ0v) is 14.4. The average Bonchev–Trinajstić information content (AvgIpc) is 3.03. The molecule has 2 aromatic carbocycles. The summed E-state index contributed by atoms with van der Waals surface area (Å²) in [5, 5.41) is 3.74.